The van der Waals surface area contributed by atoms with Gasteiger partial charge in [-0.1, -0.05) is 18.5 Å². The van der Waals surface area contributed by atoms with Gasteiger partial charge in [-0.15, -0.1) is 13.2 Å². The summed E-state index contributed by atoms with van der Waals surface area (Å²) in [5, 5.41) is 2.53. The predicted octanol–water partition coefficient (Wildman–Crippen LogP) is 4.91. The van der Waals surface area contributed by atoms with Crippen LogP contribution in [0.5, 0.6) is 5.75 Å². The van der Waals surface area contributed by atoms with Crippen molar-refractivity contribution in [1.82, 2.24) is 4.31 Å². The first-order chi connectivity index (χ1) is 14.5. The number of carbonyl (C=O) groups excluding carboxylic acids is 1. The van der Waals surface area contributed by atoms with Crippen LogP contribution >= 0.6 is 11.6 Å². The molecule has 11 heteroatoms. The number of benzene rings is 2. The molecule has 31 heavy (non-hydrogen) atoms. The molecule has 0 aliphatic carbocycles. The van der Waals surface area contributed by atoms with E-state index < -0.39 is 28.0 Å². The molecule has 0 spiro atoms. The summed E-state index contributed by atoms with van der Waals surface area (Å²) in [4.78, 5) is 12.6. The van der Waals surface area contributed by atoms with E-state index in [1.165, 1.54) is 34.6 Å². The Morgan fingerprint density at radius 2 is 1.74 bits per heavy atom. The summed E-state index contributed by atoms with van der Waals surface area (Å²) in [7, 11) is -3.78. The maximum absolute atomic E-state index is 12.9. The molecule has 1 saturated heterocycles. The van der Waals surface area contributed by atoms with Gasteiger partial charge in [0.25, 0.3) is 5.91 Å². The number of halogens is 4. The molecular weight excluding hydrogens is 457 g/mol. The average molecular weight is 477 g/mol. The second kappa shape index (κ2) is 9.05. The molecule has 1 N–H and O–H groups in total. The van der Waals surface area contributed by atoms with Crippen molar-refractivity contribution in [2.45, 2.75) is 31.0 Å². The minimum atomic E-state index is -4.82. The van der Waals surface area contributed by atoms with E-state index in [4.69, 9.17) is 11.6 Å². The van der Waals surface area contributed by atoms with E-state index in [-0.39, 0.29) is 21.2 Å². The highest BCUT2D eigenvalue weighted by Gasteiger charge is 2.31. The van der Waals surface area contributed by atoms with Crippen molar-refractivity contribution in [3.8, 4) is 5.75 Å². The van der Waals surface area contributed by atoms with Crippen LogP contribution in [-0.2, 0) is 10.0 Å². The number of hydrogen-bond acceptors (Lipinski definition) is 4. The second-order valence-electron chi connectivity index (χ2n) is 7.25. The third-order valence-corrected chi connectivity index (χ3v) is 7.13. The molecule has 1 heterocycles. The topological polar surface area (TPSA) is 75.7 Å². The molecule has 1 amide bonds. The highest BCUT2D eigenvalue weighted by atomic mass is 35.5. The molecular formula is C20H20ClF3N2O4S. The van der Waals surface area contributed by atoms with Gasteiger partial charge in [0.2, 0.25) is 10.0 Å². The molecule has 1 fully saturated rings. The van der Waals surface area contributed by atoms with Crippen molar-refractivity contribution in [1.29, 1.82) is 0 Å². The number of ether oxygens (including phenoxy) is 1. The molecule has 0 radical (unpaired) electrons. The number of nitrogens with one attached hydrogen (secondary N) is 1. The summed E-state index contributed by atoms with van der Waals surface area (Å²) in [5.74, 6) is -0.683. The van der Waals surface area contributed by atoms with Crippen LogP contribution in [0.4, 0.5) is 18.9 Å². The molecule has 0 bridgehead atoms. The molecule has 6 nitrogen and oxygen atoms in total. The van der Waals surface area contributed by atoms with E-state index in [1.54, 1.807) is 0 Å². The fraction of sp³-hybridized carbons (Fsp3) is 0.350. The zero-order chi connectivity index (χ0) is 22.8. The molecule has 0 unspecified atom stereocenters. The Hall–Kier alpha value is -2.30. The summed E-state index contributed by atoms with van der Waals surface area (Å²) in [6.07, 6.45) is -3.31. The molecule has 3 rings (SSSR count). The number of carbonyl (C=O) groups is 1. The fourth-order valence-electron chi connectivity index (χ4n) is 3.15. The SMILES string of the molecule is CC1CCN(S(=O)(=O)c2ccc(Cl)c(C(=O)Nc3ccc(OC(F)(F)F)cc3)c2)CC1. The summed E-state index contributed by atoms with van der Waals surface area (Å²) in [6.45, 7) is 2.87. The molecule has 0 atom stereocenters. The van der Waals surface area contributed by atoms with Crippen LogP contribution in [0, 0.1) is 5.92 Å². The highest BCUT2D eigenvalue weighted by Crippen LogP contribution is 2.28. The van der Waals surface area contributed by atoms with Gasteiger partial charge in [-0.25, -0.2) is 8.42 Å². The average Bonchev–Trinajstić information content (AvgIpc) is 2.69. The number of alkyl halides is 3. The fourth-order valence-corrected chi connectivity index (χ4v) is 4.85. The van der Waals surface area contributed by atoms with E-state index in [0.717, 1.165) is 25.0 Å². The molecule has 1 aliphatic heterocycles. The Morgan fingerprint density at radius 1 is 1.13 bits per heavy atom. The van der Waals surface area contributed by atoms with Crippen molar-refractivity contribution in [3.05, 3.63) is 53.1 Å². The number of nitrogens with zero attached hydrogens (tertiary/aromatic N) is 1. The van der Waals surface area contributed by atoms with E-state index in [9.17, 15) is 26.4 Å². The summed E-state index contributed by atoms with van der Waals surface area (Å²) in [5.41, 5.74) is 0.123. The smallest absolute Gasteiger partial charge is 0.406 e. The van der Waals surface area contributed by atoms with Crippen LogP contribution in [0.25, 0.3) is 0 Å². The van der Waals surface area contributed by atoms with Crippen LogP contribution in [0.15, 0.2) is 47.4 Å². The van der Waals surface area contributed by atoms with Gasteiger partial charge in [0, 0.05) is 18.8 Å². The van der Waals surface area contributed by atoms with Crippen molar-refractivity contribution < 1.29 is 31.1 Å². The number of piperidine rings is 1. The molecule has 0 aromatic heterocycles. The predicted molar refractivity (Wildman–Crippen MR) is 110 cm³/mol. The number of amides is 1. The normalized spacial score (nSPS) is 16.2. The first-order valence-electron chi connectivity index (χ1n) is 9.42. The Morgan fingerprint density at radius 3 is 2.32 bits per heavy atom. The van der Waals surface area contributed by atoms with Crippen molar-refractivity contribution in [2.75, 3.05) is 18.4 Å². The summed E-state index contributed by atoms with van der Waals surface area (Å²) >= 11 is 6.10. The van der Waals surface area contributed by atoms with Crippen LogP contribution in [0.2, 0.25) is 5.02 Å². The van der Waals surface area contributed by atoms with Crippen molar-refractivity contribution in [2.24, 2.45) is 5.92 Å². The van der Waals surface area contributed by atoms with Crippen molar-refractivity contribution in [3.63, 3.8) is 0 Å². The standard InChI is InChI=1S/C20H20ClF3N2O4S/c1-13-8-10-26(11-9-13)31(28,29)16-6-7-18(21)17(12-16)19(27)25-14-2-4-15(5-3-14)30-20(22,23)24/h2-7,12-13H,8-11H2,1H3,(H,25,27). The number of anilines is 1. The number of hydrogen-bond donors (Lipinski definition) is 1. The largest absolute Gasteiger partial charge is 0.573 e. The summed E-state index contributed by atoms with van der Waals surface area (Å²) < 4.78 is 67.8. The lowest BCUT2D eigenvalue weighted by Crippen LogP contribution is -2.37. The minimum absolute atomic E-state index is 0.0424. The summed E-state index contributed by atoms with van der Waals surface area (Å²) in [6, 6.07) is 8.41. The van der Waals surface area contributed by atoms with Gasteiger partial charge in [0.05, 0.1) is 15.5 Å². The van der Waals surface area contributed by atoms with Gasteiger partial charge in [-0.05, 0) is 61.2 Å². The maximum Gasteiger partial charge on any atom is 0.573 e. The van der Waals surface area contributed by atoms with E-state index >= 15 is 0 Å². The monoisotopic (exact) mass is 476 g/mol. The zero-order valence-electron chi connectivity index (χ0n) is 16.4. The van der Waals surface area contributed by atoms with Gasteiger partial charge in [0.1, 0.15) is 5.75 Å². The van der Waals surface area contributed by atoms with Crippen LogP contribution in [0.1, 0.15) is 30.1 Å². The first-order valence-corrected chi connectivity index (χ1v) is 11.2. The van der Waals surface area contributed by atoms with Crippen LogP contribution < -0.4 is 10.1 Å². The lowest BCUT2D eigenvalue weighted by atomic mass is 10.0. The van der Waals surface area contributed by atoms with Gasteiger partial charge < -0.3 is 10.1 Å². The van der Waals surface area contributed by atoms with Gasteiger partial charge in [-0.3, -0.25) is 4.79 Å². The second-order valence-corrected chi connectivity index (χ2v) is 9.60. The van der Waals surface area contributed by atoms with Gasteiger partial charge in [0.15, 0.2) is 0 Å². The first kappa shape index (κ1) is 23.4. The zero-order valence-corrected chi connectivity index (χ0v) is 18.0. The van der Waals surface area contributed by atoms with Crippen LogP contribution in [-0.4, -0.2) is 38.1 Å². The molecule has 1 aliphatic rings. The van der Waals surface area contributed by atoms with E-state index in [2.05, 4.69) is 17.0 Å². The number of rotatable bonds is 5. The Balaban J connectivity index is 1.77. The highest BCUT2D eigenvalue weighted by molar-refractivity contribution is 7.89. The lowest BCUT2D eigenvalue weighted by molar-refractivity contribution is -0.274. The van der Waals surface area contributed by atoms with Crippen LogP contribution in [0.3, 0.4) is 0 Å². The van der Waals surface area contributed by atoms with E-state index in [1.807, 2.05) is 0 Å². The number of sulfonamides is 1. The Kier molecular flexibility index (Phi) is 6.82. The maximum atomic E-state index is 12.9. The Labute approximate surface area is 183 Å². The third kappa shape index (κ3) is 5.90. The van der Waals surface area contributed by atoms with Gasteiger partial charge in [-0.2, -0.15) is 4.31 Å². The lowest BCUT2D eigenvalue weighted by Gasteiger charge is -2.29. The quantitative estimate of drug-likeness (QED) is 0.665. The Bertz CT molecular complexity index is 1050. The minimum Gasteiger partial charge on any atom is -0.406 e. The van der Waals surface area contributed by atoms with Crippen molar-refractivity contribution >= 4 is 33.2 Å². The molecule has 168 valence electrons. The van der Waals surface area contributed by atoms with Gasteiger partial charge >= 0.3 is 6.36 Å². The molecule has 2 aromatic rings. The molecule has 0 saturated carbocycles. The van der Waals surface area contributed by atoms with E-state index in [0.29, 0.717) is 19.0 Å². The molecule has 2 aromatic carbocycles. The third-order valence-electron chi connectivity index (χ3n) is 4.91.